The molecule has 0 atom stereocenters. The number of nitrogens with one attached hydrogen (secondary N) is 1. The highest BCUT2D eigenvalue weighted by Crippen LogP contribution is 2.16. The third-order valence-electron chi connectivity index (χ3n) is 2.69. The Labute approximate surface area is 93.9 Å². The average Bonchev–Trinajstić information content (AvgIpc) is 2.22. The summed E-state index contributed by atoms with van der Waals surface area (Å²) in [7, 11) is 0. The summed E-state index contributed by atoms with van der Waals surface area (Å²) in [4.78, 5) is 11.9. The molecule has 0 aromatic heterocycles. The molecule has 16 heavy (non-hydrogen) atoms. The van der Waals surface area contributed by atoms with Gasteiger partial charge in [0.1, 0.15) is 0 Å². The molecular weight excluding hydrogens is 206 g/mol. The zero-order valence-electron chi connectivity index (χ0n) is 8.89. The van der Waals surface area contributed by atoms with E-state index in [4.69, 9.17) is 10.8 Å². The monoisotopic (exact) mass is 221 g/mol. The van der Waals surface area contributed by atoms with E-state index in [1.54, 1.807) is 0 Å². The van der Waals surface area contributed by atoms with Gasteiger partial charge in [-0.25, -0.2) is 4.79 Å². The van der Waals surface area contributed by atoms with Gasteiger partial charge in [-0.05, 0) is 17.7 Å². The normalized spacial score (nSPS) is 15.7. The van der Waals surface area contributed by atoms with Crippen LogP contribution in [-0.4, -0.2) is 35.2 Å². The van der Waals surface area contributed by atoms with Gasteiger partial charge in [-0.1, -0.05) is 12.1 Å². The number of hydrogen-bond acceptors (Lipinski definition) is 3. The van der Waals surface area contributed by atoms with Crippen LogP contribution in [0.4, 0.5) is 10.5 Å². The number of likely N-dealkylation sites (tertiary alicyclic amines) is 1. The number of rotatable bonds is 3. The second kappa shape index (κ2) is 4.40. The lowest BCUT2D eigenvalue weighted by Crippen LogP contribution is -2.56. The minimum absolute atomic E-state index is 0.212. The minimum Gasteiger partial charge on any atom is -0.465 e. The number of hydrogen-bond donors (Lipinski definition) is 3. The van der Waals surface area contributed by atoms with Gasteiger partial charge in [-0.2, -0.15) is 0 Å². The second-order valence-electron chi connectivity index (χ2n) is 3.93. The molecule has 0 bridgehead atoms. The molecule has 5 heteroatoms. The Balaban J connectivity index is 1.89. The number of nitrogens with two attached hydrogens (primary N) is 1. The van der Waals surface area contributed by atoms with Crippen LogP contribution in [0.2, 0.25) is 0 Å². The van der Waals surface area contributed by atoms with Crippen LogP contribution < -0.4 is 11.1 Å². The predicted molar refractivity (Wildman–Crippen MR) is 61.3 cm³/mol. The maximum absolute atomic E-state index is 10.6. The molecule has 0 unspecified atom stereocenters. The van der Waals surface area contributed by atoms with Crippen molar-refractivity contribution in [1.29, 1.82) is 0 Å². The Morgan fingerprint density at radius 2 is 2.31 bits per heavy atom. The van der Waals surface area contributed by atoms with E-state index in [1.807, 2.05) is 24.3 Å². The van der Waals surface area contributed by atoms with Gasteiger partial charge < -0.3 is 21.1 Å². The Morgan fingerprint density at radius 3 is 2.94 bits per heavy atom. The third-order valence-corrected chi connectivity index (χ3v) is 2.69. The van der Waals surface area contributed by atoms with Gasteiger partial charge in [0.15, 0.2) is 0 Å². The van der Waals surface area contributed by atoms with Crippen molar-refractivity contribution in [3.63, 3.8) is 0 Å². The number of anilines is 1. The highest BCUT2D eigenvalue weighted by atomic mass is 16.4. The van der Waals surface area contributed by atoms with Crippen LogP contribution in [0.15, 0.2) is 24.3 Å². The van der Waals surface area contributed by atoms with Gasteiger partial charge in [-0.15, -0.1) is 0 Å². The van der Waals surface area contributed by atoms with Crippen LogP contribution in [0.5, 0.6) is 0 Å². The molecule has 4 N–H and O–H groups in total. The van der Waals surface area contributed by atoms with Crippen LogP contribution in [0.1, 0.15) is 5.56 Å². The summed E-state index contributed by atoms with van der Waals surface area (Å²) in [5, 5.41) is 12.0. The summed E-state index contributed by atoms with van der Waals surface area (Å²) in [5.74, 6) is 0. The number of carbonyl (C=O) groups is 1. The van der Waals surface area contributed by atoms with Crippen molar-refractivity contribution < 1.29 is 9.90 Å². The van der Waals surface area contributed by atoms with Gasteiger partial charge >= 0.3 is 6.09 Å². The molecular formula is C11H15N3O2. The fraction of sp³-hybridized carbons (Fsp3) is 0.364. The smallest absolute Gasteiger partial charge is 0.407 e. The third kappa shape index (κ3) is 2.25. The fourth-order valence-electron chi connectivity index (χ4n) is 1.75. The first kappa shape index (κ1) is 10.8. The summed E-state index contributed by atoms with van der Waals surface area (Å²) in [6.45, 7) is 1.60. The molecule has 0 spiro atoms. The lowest BCUT2D eigenvalue weighted by Gasteiger charge is -2.38. The lowest BCUT2D eigenvalue weighted by atomic mass is 10.1. The highest BCUT2D eigenvalue weighted by molar-refractivity contribution is 5.66. The van der Waals surface area contributed by atoms with E-state index in [0.29, 0.717) is 19.6 Å². The largest absolute Gasteiger partial charge is 0.465 e. The molecule has 2 rings (SSSR count). The number of amides is 1. The molecule has 1 aromatic rings. The Kier molecular flexibility index (Phi) is 2.96. The van der Waals surface area contributed by atoms with Crippen LogP contribution >= 0.6 is 0 Å². The van der Waals surface area contributed by atoms with Gasteiger partial charge in [0.05, 0.1) is 6.04 Å². The van der Waals surface area contributed by atoms with E-state index < -0.39 is 6.09 Å². The van der Waals surface area contributed by atoms with Crippen LogP contribution in [0, 0.1) is 0 Å². The van der Waals surface area contributed by atoms with E-state index in [2.05, 4.69) is 5.32 Å². The lowest BCUT2D eigenvalue weighted by molar-refractivity contribution is 0.111. The number of carboxylic acid groups (broad SMARTS) is 1. The van der Waals surface area contributed by atoms with Crippen LogP contribution in [0.3, 0.4) is 0 Å². The quantitative estimate of drug-likeness (QED) is 0.709. The predicted octanol–water partition coefficient (Wildman–Crippen LogP) is 0.919. The molecule has 0 saturated carbocycles. The summed E-state index contributed by atoms with van der Waals surface area (Å²) < 4.78 is 0. The molecule has 1 fully saturated rings. The standard InChI is InChI=1S/C11H15N3O2/c12-5-8-2-1-3-9(4-8)13-10-6-14(7-10)11(15)16/h1-4,10,13H,5-7,12H2,(H,15,16). The fourth-order valence-corrected chi connectivity index (χ4v) is 1.75. The topological polar surface area (TPSA) is 78.6 Å². The van der Waals surface area contributed by atoms with Crippen molar-refractivity contribution in [2.75, 3.05) is 18.4 Å². The maximum atomic E-state index is 10.6. The van der Waals surface area contributed by atoms with Crippen LogP contribution in [0.25, 0.3) is 0 Å². The van der Waals surface area contributed by atoms with Crippen molar-refractivity contribution in [3.05, 3.63) is 29.8 Å². The molecule has 1 saturated heterocycles. The van der Waals surface area contributed by atoms with E-state index in [9.17, 15) is 4.79 Å². The maximum Gasteiger partial charge on any atom is 0.407 e. The summed E-state index contributed by atoms with van der Waals surface area (Å²) in [6.07, 6.45) is -0.853. The highest BCUT2D eigenvalue weighted by Gasteiger charge is 2.29. The second-order valence-corrected chi connectivity index (χ2v) is 3.93. The molecule has 1 amide bonds. The van der Waals surface area contributed by atoms with Crippen molar-refractivity contribution in [2.45, 2.75) is 12.6 Å². The van der Waals surface area contributed by atoms with Crippen molar-refractivity contribution in [1.82, 2.24) is 4.90 Å². The molecule has 1 aliphatic rings. The zero-order valence-corrected chi connectivity index (χ0v) is 8.89. The summed E-state index contributed by atoms with van der Waals surface area (Å²) in [5.41, 5.74) is 7.61. The molecule has 1 heterocycles. The van der Waals surface area contributed by atoms with E-state index in [-0.39, 0.29) is 6.04 Å². The molecule has 5 nitrogen and oxygen atoms in total. The van der Waals surface area contributed by atoms with Gasteiger partial charge in [0.2, 0.25) is 0 Å². The molecule has 86 valence electrons. The molecule has 1 aromatic carbocycles. The first-order chi connectivity index (χ1) is 7.69. The first-order valence-electron chi connectivity index (χ1n) is 5.22. The average molecular weight is 221 g/mol. The van der Waals surface area contributed by atoms with Crippen molar-refractivity contribution in [3.8, 4) is 0 Å². The van der Waals surface area contributed by atoms with Gasteiger partial charge in [-0.3, -0.25) is 0 Å². The minimum atomic E-state index is -0.853. The Hall–Kier alpha value is -1.75. The van der Waals surface area contributed by atoms with E-state index in [0.717, 1.165) is 11.3 Å². The van der Waals surface area contributed by atoms with Gasteiger partial charge in [0.25, 0.3) is 0 Å². The zero-order chi connectivity index (χ0) is 11.5. The Morgan fingerprint density at radius 1 is 1.56 bits per heavy atom. The van der Waals surface area contributed by atoms with E-state index in [1.165, 1.54) is 4.90 Å². The number of nitrogens with zero attached hydrogens (tertiary/aromatic N) is 1. The van der Waals surface area contributed by atoms with Crippen molar-refractivity contribution in [2.24, 2.45) is 5.73 Å². The van der Waals surface area contributed by atoms with Crippen molar-refractivity contribution >= 4 is 11.8 Å². The van der Waals surface area contributed by atoms with Gasteiger partial charge in [0, 0.05) is 25.3 Å². The molecule has 1 aliphatic heterocycles. The molecule has 0 radical (unpaired) electrons. The number of benzene rings is 1. The summed E-state index contributed by atoms with van der Waals surface area (Å²) >= 11 is 0. The SMILES string of the molecule is NCc1cccc(NC2CN(C(=O)O)C2)c1. The molecule has 0 aliphatic carbocycles. The Bertz CT molecular complexity index is 389. The van der Waals surface area contributed by atoms with Crippen LogP contribution in [-0.2, 0) is 6.54 Å². The summed E-state index contributed by atoms with van der Waals surface area (Å²) in [6, 6.07) is 8.07. The first-order valence-corrected chi connectivity index (χ1v) is 5.22. The van der Waals surface area contributed by atoms with E-state index >= 15 is 0 Å².